The molecule has 3 heterocycles. The van der Waals surface area contributed by atoms with E-state index >= 15 is 0 Å². The topological polar surface area (TPSA) is 98.6 Å². The van der Waals surface area contributed by atoms with Crippen molar-refractivity contribution in [3.63, 3.8) is 0 Å². The van der Waals surface area contributed by atoms with Crippen LogP contribution in [0.15, 0.2) is 30.5 Å². The summed E-state index contributed by atoms with van der Waals surface area (Å²) in [6.07, 6.45) is 2.78. The van der Waals surface area contributed by atoms with Crippen molar-refractivity contribution in [3.8, 4) is 5.75 Å². The van der Waals surface area contributed by atoms with E-state index < -0.39 is 0 Å². The number of likely N-dealkylation sites (tertiary alicyclic amines) is 1. The molecule has 1 N–H and O–H groups in total. The van der Waals surface area contributed by atoms with E-state index in [0.717, 1.165) is 12.1 Å². The van der Waals surface area contributed by atoms with Gasteiger partial charge in [0.15, 0.2) is 0 Å². The van der Waals surface area contributed by atoms with Crippen molar-refractivity contribution in [2.75, 3.05) is 26.7 Å². The Morgan fingerprint density at radius 2 is 2.29 bits per heavy atom. The van der Waals surface area contributed by atoms with E-state index in [-0.39, 0.29) is 36.9 Å². The van der Waals surface area contributed by atoms with Crippen LogP contribution in [-0.4, -0.2) is 64.6 Å². The maximum atomic E-state index is 12.6. The van der Waals surface area contributed by atoms with E-state index in [4.69, 9.17) is 9.47 Å². The van der Waals surface area contributed by atoms with Crippen molar-refractivity contribution in [1.82, 2.24) is 25.2 Å². The summed E-state index contributed by atoms with van der Waals surface area (Å²) in [4.78, 5) is 26.7. The third-order valence-electron chi connectivity index (χ3n) is 5.24. The van der Waals surface area contributed by atoms with E-state index in [1.165, 1.54) is 0 Å². The Labute approximate surface area is 162 Å². The highest BCUT2D eigenvalue weighted by atomic mass is 16.5. The zero-order chi connectivity index (χ0) is 19.5. The van der Waals surface area contributed by atoms with E-state index in [2.05, 4.69) is 15.6 Å². The lowest BCUT2D eigenvalue weighted by Crippen LogP contribution is -2.50. The normalized spacial score (nSPS) is 20.8. The molecule has 1 aromatic carbocycles. The Morgan fingerprint density at radius 1 is 1.39 bits per heavy atom. The van der Waals surface area contributed by atoms with Crippen LogP contribution in [0.2, 0.25) is 0 Å². The molecular weight excluding hydrogens is 362 g/mol. The monoisotopic (exact) mass is 385 g/mol. The Hall–Kier alpha value is -2.94. The van der Waals surface area contributed by atoms with Crippen molar-refractivity contribution >= 4 is 11.8 Å². The number of methoxy groups -OCH3 is 1. The summed E-state index contributed by atoms with van der Waals surface area (Å²) >= 11 is 0. The lowest BCUT2D eigenvalue weighted by molar-refractivity contribution is -0.137. The Bertz CT molecular complexity index is 868. The number of carbonyl (C=O) groups is 2. The first kappa shape index (κ1) is 18.4. The van der Waals surface area contributed by atoms with Gasteiger partial charge in [0.05, 0.1) is 37.8 Å². The van der Waals surface area contributed by atoms with Crippen LogP contribution in [0.1, 0.15) is 34.9 Å². The molecule has 0 spiro atoms. The maximum Gasteiger partial charge on any atom is 0.251 e. The highest BCUT2D eigenvalue weighted by Gasteiger charge is 2.37. The first-order chi connectivity index (χ1) is 13.7. The van der Waals surface area contributed by atoms with Crippen molar-refractivity contribution in [3.05, 3.63) is 41.7 Å². The van der Waals surface area contributed by atoms with Gasteiger partial charge in [0, 0.05) is 31.6 Å². The van der Waals surface area contributed by atoms with Crippen LogP contribution in [0.3, 0.4) is 0 Å². The first-order valence-electron chi connectivity index (χ1n) is 9.36. The van der Waals surface area contributed by atoms with E-state index in [0.29, 0.717) is 31.0 Å². The van der Waals surface area contributed by atoms with Crippen LogP contribution in [0, 0.1) is 0 Å². The number of hydrogen-bond donors (Lipinski definition) is 1. The molecule has 2 amide bonds. The second-order valence-electron chi connectivity index (χ2n) is 6.95. The standard InChI is InChI=1S/C19H23N5O4/c1-27-15-4-2-3-13(9-15)19(26)20-7-5-18(25)23-8-6-17-16(11-23)24-14(12-28-17)10-21-22-24/h2-4,9-10,16-17H,5-8,11-12H2,1H3,(H,20,26)/t16-,17+/m1/s1. The molecule has 1 fully saturated rings. The number of piperidine rings is 1. The zero-order valence-electron chi connectivity index (χ0n) is 15.7. The number of fused-ring (bicyclic) bond motifs is 3. The van der Waals surface area contributed by atoms with Crippen LogP contribution in [0.5, 0.6) is 5.75 Å². The van der Waals surface area contributed by atoms with Gasteiger partial charge in [-0.3, -0.25) is 9.59 Å². The number of carbonyl (C=O) groups excluding carboxylic acids is 2. The van der Waals surface area contributed by atoms with Gasteiger partial charge in [0.2, 0.25) is 5.91 Å². The number of rotatable bonds is 5. The number of benzene rings is 1. The Balaban J connectivity index is 1.29. The smallest absolute Gasteiger partial charge is 0.251 e. The van der Waals surface area contributed by atoms with Gasteiger partial charge in [0.25, 0.3) is 5.91 Å². The average Bonchev–Trinajstić information content (AvgIpc) is 3.22. The minimum absolute atomic E-state index is 0.00433. The van der Waals surface area contributed by atoms with Crippen molar-refractivity contribution in [2.24, 2.45) is 0 Å². The molecule has 0 aliphatic carbocycles. The molecule has 2 aromatic rings. The number of hydrogen-bond acceptors (Lipinski definition) is 6. The number of aromatic nitrogens is 3. The number of nitrogens with one attached hydrogen (secondary N) is 1. The van der Waals surface area contributed by atoms with E-state index in [1.54, 1.807) is 37.6 Å². The molecular formula is C19H23N5O4. The highest BCUT2D eigenvalue weighted by Crippen LogP contribution is 2.30. The zero-order valence-corrected chi connectivity index (χ0v) is 15.7. The summed E-state index contributed by atoms with van der Waals surface area (Å²) < 4.78 is 12.9. The van der Waals surface area contributed by atoms with E-state index in [1.807, 2.05) is 9.58 Å². The van der Waals surface area contributed by atoms with Crippen LogP contribution in [0.4, 0.5) is 0 Å². The Kier molecular flexibility index (Phi) is 5.25. The third kappa shape index (κ3) is 3.70. The van der Waals surface area contributed by atoms with Gasteiger partial charge in [-0.05, 0) is 24.6 Å². The summed E-state index contributed by atoms with van der Waals surface area (Å²) in [7, 11) is 1.55. The Morgan fingerprint density at radius 3 is 3.14 bits per heavy atom. The third-order valence-corrected chi connectivity index (χ3v) is 5.24. The fourth-order valence-electron chi connectivity index (χ4n) is 3.71. The van der Waals surface area contributed by atoms with Gasteiger partial charge >= 0.3 is 0 Å². The van der Waals surface area contributed by atoms with Gasteiger partial charge < -0.3 is 19.7 Å². The fourth-order valence-corrected chi connectivity index (χ4v) is 3.71. The molecule has 9 nitrogen and oxygen atoms in total. The second-order valence-corrected chi connectivity index (χ2v) is 6.95. The van der Waals surface area contributed by atoms with Gasteiger partial charge in [-0.25, -0.2) is 4.68 Å². The molecule has 2 aliphatic rings. The molecule has 2 atom stereocenters. The van der Waals surface area contributed by atoms with Crippen molar-refractivity contribution in [2.45, 2.75) is 31.6 Å². The minimum Gasteiger partial charge on any atom is -0.497 e. The molecule has 148 valence electrons. The van der Waals surface area contributed by atoms with Crippen LogP contribution < -0.4 is 10.1 Å². The summed E-state index contributed by atoms with van der Waals surface area (Å²) in [5, 5.41) is 10.9. The largest absolute Gasteiger partial charge is 0.497 e. The van der Waals surface area contributed by atoms with Crippen LogP contribution >= 0.6 is 0 Å². The molecule has 1 aromatic heterocycles. The molecule has 0 radical (unpaired) electrons. The quantitative estimate of drug-likeness (QED) is 0.817. The predicted octanol–water partition coefficient (Wildman–Crippen LogP) is 0.779. The number of nitrogens with zero attached hydrogens (tertiary/aromatic N) is 4. The van der Waals surface area contributed by atoms with Gasteiger partial charge in [-0.1, -0.05) is 11.3 Å². The molecule has 0 bridgehead atoms. The van der Waals surface area contributed by atoms with Crippen LogP contribution in [-0.2, 0) is 16.1 Å². The number of amides is 2. The minimum atomic E-state index is -0.224. The van der Waals surface area contributed by atoms with Crippen LogP contribution in [0.25, 0.3) is 0 Å². The lowest BCUT2D eigenvalue weighted by Gasteiger charge is -2.41. The summed E-state index contributed by atoms with van der Waals surface area (Å²) in [5.74, 6) is 0.406. The fraction of sp³-hybridized carbons (Fsp3) is 0.474. The second kappa shape index (κ2) is 7.97. The maximum absolute atomic E-state index is 12.6. The molecule has 0 saturated carbocycles. The van der Waals surface area contributed by atoms with Crippen molar-refractivity contribution in [1.29, 1.82) is 0 Å². The summed E-state index contributed by atoms with van der Waals surface area (Å²) in [5.41, 5.74) is 1.44. The van der Waals surface area contributed by atoms with Gasteiger partial charge in [0.1, 0.15) is 5.75 Å². The SMILES string of the molecule is COc1cccc(C(=O)NCCC(=O)N2CC[C@@H]3OCc4cnnn4[C@@H]3C2)c1. The molecule has 2 aliphatic heterocycles. The van der Waals surface area contributed by atoms with Gasteiger partial charge in [-0.15, -0.1) is 5.10 Å². The summed E-state index contributed by atoms with van der Waals surface area (Å²) in [6, 6.07) is 6.91. The number of ether oxygens (including phenoxy) is 2. The molecule has 0 unspecified atom stereocenters. The first-order valence-corrected chi connectivity index (χ1v) is 9.36. The van der Waals surface area contributed by atoms with Gasteiger partial charge in [-0.2, -0.15) is 0 Å². The highest BCUT2D eigenvalue weighted by molar-refractivity contribution is 5.94. The predicted molar refractivity (Wildman–Crippen MR) is 98.8 cm³/mol. The lowest BCUT2D eigenvalue weighted by atomic mass is 10.00. The molecule has 9 heteroatoms. The molecule has 4 rings (SSSR count). The van der Waals surface area contributed by atoms with Crippen molar-refractivity contribution < 1.29 is 19.1 Å². The average molecular weight is 385 g/mol. The molecule has 1 saturated heterocycles. The molecule has 28 heavy (non-hydrogen) atoms. The van der Waals surface area contributed by atoms with E-state index in [9.17, 15) is 9.59 Å². The summed E-state index contributed by atoms with van der Waals surface area (Å²) in [6.45, 7) is 1.99.